The molecule has 1 unspecified atom stereocenters. The van der Waals surface area contributed by atoms with Gasteiger partial charge in [-0.3, -0.25) is 0 Å². The van der Waals surface area contributed by atoms with Crippen LogP contribution in [0.4, 0.5) is 0 Å². The standard InChI is InChI=1S/C14H21BrClN/c1-3-9-17-13(4-2)8-6-11-5-7-12(15)10-14(11)16/h5,7,10,13,17H,3-4,6,8-9H2,1-2H3. The Labute approximate surface area is 118 Å². The topological polar surface area (TPSA) is 12.0 Å². The van der Waals surface area contributed by atoms with Crippen LogP contribution in [0.1, 0.15) is 38.7 Å². The Kier molecular flexibility index (Phi) is 7.17. The first-order valence-corrected chi connectivity index (χ1v) is 7.51. The van der Waals surface area contributed by atoms with E-state index in [4.69, 9.17) is 11.6 Å². The Morgan fingerprint density at radius 2 is 2.12 bits per heavy atom. The number of nitrogens with one attached hydrogen (secondary N) is 1. The Morgan fingerprint density at radius 1 is 1.35 bits per heavy atom. The minimum absolute atomic E-state index is 0.606. The van der Waals surface area contributed by atoms with Gasteiger partial charge < -0.3 is 5.32 Å². The van der Waals surface area contributed by atoms with Crippen LogP contribution in [0.5, 0.6) is 0 Å². The second kappa shape index (κ2) is 8.12. The third-order valence-electron chi connectivity index (χ3n) is 2.95. The van der Waals surface area contributed by atoms with Gasteiger partial charge in [0.25, 0.3) is 0 Å². The lowest BCUT2D eigenvalue weighted by molar-refractivity contribution is 0.468. The Balaban J connectivity index is 2.47. The van der Waals surface area contributed by atoms with Crippen LogP contribution in [0.3, 0.4) is 0 Å². The molecule has 96 valence electrons. The van der Waals surface area contributed by atoms with Crippen molar-refractivity contribution in [1.29, 1.82) is 0 Å². The van der Waals surface area contributed by atoms with Crippen molar-refractivity contribution >= 4 is 27.5 Å². The number of rotatable bonds is 7. The molecule has 0 bridgehead atoms. The van der Waals surface area contributed by atoms with E-state index < -0.39 is 0 Å². The average molecular weight is 319 g/mol. The van der Waals surface area contributed by atoms with Gasteiger partial charge in [0.15, 0.2) is 0 Å². The molecule has 1 rings (SSSR count). The molecule has 17 heavy (non-hydrogen) atoms. The molecule has 0 saturated heterocycles. The molecule has 1 atom stereocenters. The van der Waals surface area contributed by atoms with E-state index in [1.807, 2.05) is 6.07 Å². The SMILES string of the molecule is CCCNC(CC)CCc1ccc(Br)cc1Cl. The highest BCUT2D eigenvalue weighted by molar-refractivity contribution is 9.10. The van der Waals surface area contributed by atoms with Crippen molar-refractivity contribution in [3.05, 3.63) is 33.3 Å². The van der Waals surface area contributed by atoms with Gasteiger partial charge >= 0.3 is 0 Å². The molecular formula is C14H21BrClN. The molecule has 0 radical (unpaired) electrons. The molecule has 0 aromatic heterocycles. The fourth-order valence-corrected chi connectivity index (χ4v) is 2.62. The molecule has 1 aromatic carbocycles. The van der Waals surface area contributed by atoms with Gasteiger partial charge in [-0.2, -0.15) is 0 Å². The van der Waals surface area contributed by atoms with E-state index in [1.54, 1.807) is 0 Å². The number of hydrogen-bond donors (Lipinski definition) is 1. The summed E-state index contributed by atoms with van der Waals surface area (Å²) in [5, 5.41) is 4.43. The van der Waals surface area contributed by atoms with Crippen LogP contribution in [-0.2, 0) is 6.42 Å². The van der Waals surface area contributed by atoms with Crippen molar-refractivity contribution < 1.29 is 0 Å². The summed E-state index contributed by atoms with van der Waals surface area (Å²) in [5.41, 5.74) is 1.24. The number of halogens is 2. The molecule has 1 N–H and O–H groups in total. The quantitative estimate of drug-likeness (QED) is 0.760. The van der Waals surface area contributed by atoms with Crippen molar-refractivity contribution in [2.75, 3.05) is 6.54 Å². The maximum Gasteiger partial charge on any atom is 0.0449 e. The largest absolute Gasteiger partial charge is 0.314 e. The van der Waals surface area contributed by atoms with Crippen LogP contribution in [0.15, 0.2) is 22.7 Å². The van der Waals surface area contributed by atoms with Crippen LogP contribution in [0.25, 0.3) is 0 Å². The van der Waals surface area contributed by atoms with Crippen LogP contribution < -0.4 is 5.32 Å². The molecule has 3 heteroatoms. The Bertz CT molecular complexity index is 341. The Hall–Kier alpha value is -0.0500. The van der Waals surface area contributed by atoms with Crippen molar-refractivity contribution in [2.24, 2.45) is 0 Å². The lowest BCUT2D eigenvalue weighted by atomic mass is 10.0. The molecule has 0 heterocycles. The molecule has 1 aromatic rings. The number of benzene rings is 1. The fraction of sp³-hybridized carbons (Fsp3) is 0.571. The van der Waals surface area contributed by atoms with E-state index in [9.17, 15) is 0 Å². The third kappa shape index (κ3) is 5.41. The first-order valence-electron chi connectivity index (χ1n) is 6.34. The highest BCUT2D eigenvalue weighted by Gasteiger charge is 2.07. The zero-order valence-electron chi connectivity index (χ0n) is 10.6. The predicted molar refractivity (Wildman–Crippen MR) is 79.8 cm³/mol. The number of hydrogen-bond acceptors (Lipinski definition) is 1. The molecule has 0 fully saturated rings. The van der Waals surface area contributed by atoms with Gasteiger partial charge in [-0.1, -0.05) is 47.4 Å². The van der Waals surface area contributed by atoms with Crippen LogP contribution in [0, 0.1) is 0 Å². The average Bonchev–Trinajstić information content (AvgIpc) is 2.31. The Morgan fingerprint density at radius 3 is 2.71 bits per heavy atom. The molecule has 0 saturated carbocycles. The van der Waals surface area contributed by atoms with Gasteiger partial charge in [-0.15, -0.1) is 0 Å². The zero-order chi connectivity index (χ0) is 12.7. The first-order chi connectivity index (χ1) is 8.17. The van der Waals surface area contributed by atoms with Gasteiger partial charge in [0.2, 0.25) is 0 Å². The van der Waals surface area contributed by atoms with Gasteiger partial charge in [-0.25, -0.2) is 0 Å². The monoisotopic (exact) mass is 317 g/mol. The minimum atomic E-state index is 0.606. The summed E-state index contributed by atoms with van der Waals surface area (Å²) in [5.74, 6) is 0. The molecule has 0 aliphatic carbocycles. The molecule has 1 nitrogen and oxygen atoms in total. The summed E-state index contributed by atoms with van der Waals surface area (Å²) in [4.78, 5) is 0. The molecule has 0 spiro atoms. The summed E-state index contributed by atoms with van der Waals surface area (Å²) < 4.78 is 1.04. The predicted octanol–water partition coefficient (Wildman–Crippen LogP) is 4.81. The van der Waals surface area contributed by atoms with Crippen molar-refractivity contribution in [3.63, 3.8) is 0 Å². The summed E-state index contributed by atoms with van der Waals surface area (Å²) in [7, 11) is 0. The van der Waals surface area contributed by atoms with Crippen molar-refractivity contribution in [1.82, 2.24) is 5.32 Å². The summed E-state index contributed by atoms with van der Waals surface area (Å²) in [6.07, 6.45) is 4.56. The van der Waals surface area contributed by atoms with Crippen molar-refractivity contribution in [3.8, 4) is 0 Å². The lowest BCUT2D eigenvalue weighted by Gasteiger charge is -2.16. The molecule has 0 aliphatic rings. The molecule has 0 amide bonds. The molecular weight excluding hydrogens is 298 g/mol. The highest BCUT2D eigenvalue weighted by Crippen LogP contribution is 2.23. The van der Waals surface area contributed by atoms with E-state index in [0.29, 0.717) is 6.04 Å². The van der Waals surface area contributed by atoms with E-state index in [0.717, 1.165) is 28.9 Å². The van der Waals surface area contributed by atoms with Gasteiger partial charge in [0.1, 0.15) is 0 Å². The lowest BCUT2D eigenvalue weighted by Crippen LogP contribution is -2.29. The normalized spacial score (nSPS) is 12.7. The third-order valence-corrected chi connectivity index (χ3v) is 3.80. The summed E-state index contributed by atoms with van der Waals surface area (Å²) in [6, 6.07) is 6.74. The highest BCUT2D eigenvalue weighted by atomic mass is 79.9. The van der Waals surface area contributed by atoms with Gasteiger partial charge in [0.05, 0.1) is 0 Å². The summed E-state index contributed by atoms with van der Waals surface area (Å²) >= 11 is 9.64. The van der Waals surface area contributed by atoms with E-state index in [-0.39, 0.29) is 0 Å². The van der Waals surface area contributed by atoms with Crippen molar-refractivity contribution in [2.45, 2.75) is 45.6 Å². The fourth-order valence-electron chi connectivity index (χ4n) is 1.85. The van der Waals surface area contributed by atoms with Gasteiger partial charge in [0, 0.05) is 15.5 Å². The second-order valence-corrected chi connectivity index (χ2v) is 5.66. The van der Waals surface area contributed by atoms with Gasteiger partial charge in [-0.05, 0) is 49.9 Å². The zero-order valence-corrected chi connectivity index (χ0v) is 12.9. The van der Waals surface area contributed by atoms with E-state index >= 15 is 0 Å². The molecule has 0 aliphatic heterocycles. The van der Waals surface area contributed by atoms with Crippen LogP contribution in [0.2, 0.25) is 5.02 Å². The van der Waals surface area contributed by atoms with Crippen LogP contribution in [-0.4, -0.2) is 12.6 Å². The smallest absolute Gasteiger partial charge is 0.0449 e. The first kappa shape index (κ1) is 15.0. The van der Waals surface area contributed by atoms with E-state index in [2.05, 4.69) is 47.2 Å². The maximum absolute atomic E-state index is 6.21. The van der Waals surface area contributed by atoms with Crippen LogP contribution >= 0.6 is 27.5 Å². The minimum Gasteiger partial charge on any atom is -0.314 e. The van der Waals surface area contributed by atoms with E-state index in [1.165, 1.54) is 18.4 Å². The maximum atomic E-state index is 6.21. The number of aryl methyl sites for hydroxylation is 1. The summed E-state index contributed by atoms with van der Waals surface area (Å²) in [6.45, 7) is 5.54. The second-order valence-electron chi connectivity index (χ2n) is 4.33.